The highest BCUT2D eigenvalue weighted by Gasteiger charge is 2.41. The molecular formula is C9H19NO2. The van der Waals surface area contributed by atoms with Gasteiger partial charge in [-0.05, 0) is 26.7 Å². The van der Waals surface area contributed by atoms with E-state index in [4.69, 9.17) is 9.84 Å². The van der Waals surface area contributed by atoms with Gasteiger partial charge in [0.15, 0.2) is 0 Å². The fraction of sp³-hybridized carbons (Fsp3) is 1.00. The van der Waals surface area contributed by atoms with Gasteiger partial charge in [0.1, 0.15) is 0 Å². The van der Waals surface area contributed by atoms with Crippen LogP contribution in [-0.2, 0) is 4.74 Å². The topological polar surface area (TPSA) is 41.5 Å². The molecule has 3 nitrogen and oxygen atoms in total. The second-order valence-electron chi connectivity index (χ2n) is 3.78. The molecule has 0 spiro atoms. The Balaban J connectivity index is 1.95. The van der Waals surface area contributed by atoms with Crippen molar-refractivity contribution in [2.75, 3.05) is 19.8 Å². The number of hydrogen-bond donors (Lipinski definition) is 2. The zero-order chi connectivity index (χ0) is 9.03. The molecule has 0 aromatic rings. The first-order chi connectivity index (χ1) is 5.68. The summed E-state index contributed by atoms with van der Waals surface area (Å²) < 4.78 is 5.37. The third-order valence-corrected chi connectivity index (χ3v) is 2.21. The van der Waals surface area contributed by atoms with Crippen molar-refractivity contribution in [2.24, 2.45) is 0 Å². The first kappa shape index (κ1) is 9.96. The molecule has 72 valence electrons. The van der Waals surface area contributed by atoms with Gasteiger partial charge >= 0.3 is 0 Å². The third kappa shape index (κ3) is 3.09. The molecule has 12 heavy (non-hydrogen) atoms. The fourth-order valence-electron chi connectivity index (χ4n) is 1.15. The summed E-state index contributed by atoms with van der Waals surface area (Å²) in [6.45, 7) is 5.89. The SMILES string of the molecule is CC(C)OCCNC1(CO)CC1. The Bertz CT molecular complexity index is 132. The number of nitrogens with one attached hydrogen (secondary N) is 1. The van der Waals surface area contributed by atoms with Gasteiger partial charge in [0.2, 0.25) is 0 Å². The number of aliphatic hydroxyl groups is 1. The van der Waals surface area contributed by atoms with Gasteiger partial charge in [-0.1, -0.05) is 0 Å². The molecule has 0 aromatic heterocycles. The molecule has 1 saturated carbocycles. The molecule has 0 amide bonds. The van der Waals surface area contributed by atoms with Crippen LogP contribution in [0.5, 0.6) is 0 Å². The van der Waals surface area contributed by atoms with Crippen LogP contribution in [0.2, 0.25) is 0 Å². The summed E-state index contributed by atoms with van der Waals surface area (Å²) in [7, 11) is 0. The molecule has 0 atom stereocenters. The Morgan fingerprint density at radius 3 is 2.58 bits per heavy atom. The summed E-state index contributed by atoms with van der Waals surface area (Å²) in [4.78, 5) is 0. The van der Waals surface area contributed by atoms with Crippen LogP contribution in [-0.4, -0.2) is 36.5 Å². The standard InChI is InChI=1S/C9H19NO2/c1-8(2)12-6-5-10-9(7-11)3-4-9/h8,10-11H,3-7H2,1-2H3. The molecule has 2 N–H and O–H groups in total. The minimum Gasteiger partial charge on any atom is -0.394 e. The summed E-state index contributed by atoms with van der Waals surface area (Å²) >= 11 is 0. The lowest BCUT2D eigenvalue weighted by Gasteiger charge is -2.14. The third-order valence-electron chi connectivity index (χ3n) is 2.21. The number of aliphatic hydroxyl groups excluding tert-OH is 1. The van der Waals surface area contributed by atoms with E-state index in [1.807, 2.05) is 13.8 Å². The van der Waals surface area contributed by atoms with E-state index in [9.17, 15) is 0 Å². The predicted octanol–water partition coefficient (Wildman–Crippen LogP) is 0.526. The summed E-state index contributed by atoms with van der Waals surface area (Å²) in [5, 5.41) is 12.3. The Labute approximate surface area is 74.1 Å². The second-order valence-corrected chi connectivity index (χ2v) is 3.78. The van der Waals surface area contributed by atoms with E-state index in [0.29, 0.717) is 6.10 Å². The maximum atomic E-state index is 8.96. The van der Waals surface area contributed by atoms with E-state index < -0.39 is 0 Å². The van der Waals surface area contributed by atoms with Crippen LogP contribution >= 0.6 is 0 Å². The molecule has 0 bridgehead atoms. The largest absolute Gasteiger partial charge is 0.394 e. The maximum absolute atomic E-state index is 8.96. The molecule has 0 heterocycles. The van der Waals surface area contributed by atoms with Crippen molar-refractivity contribution in [1.82, 2.24) is 5.32 Å². The summed E-state index contributed by atoms with van der Waals surface area (Å²) in [6.07, 6.45) is 2.51. The molecule has 0 aromatic carbocycles. The van der Waals surface area contributed by atoms with Crippen molar-refractivity contribution in [1.29, 1.82) is 0 Å². The molecule has 1 fully saturated rings. The van der Waals surface area contributed by atoms with E-state index in [2.05, 4.69) is 5.32 Å². The van der Waals surface area contributed by atoms with E-state index >= 15 is 0 Å². The molecule has 3 heteroatoms. The van der Waals surface area contributed by atoms with E-state index in [1.165, 1.54) is 0 Å². The smallest absolute Gasteiger partial charge is 0.0613 e. The number of rotatable bonds is 6. The Morgan fingerprint density at radius 1 is 1.50 bits per heavy atom. The van der Waals surface area contributed by atoms with Crippen molar-refractivity contribution in [3.8, 4) is 0 Å². The Morgan fingerprint density at radius 2 is 2.17 bits per heavy atom. The van der Waals surface area contributed by atoms with Gasteiger partial charge < -0.3 is 15.2 Å². The monoisotopic (exact) mass is 173 g/mol. The van der Waals surface area contributed by atoms with E-state index in [0.717, 1.165) is 26.0 Å². The molecular weight excluding hydrogens is 154 g/mol. The van der Waals surface area contributed by atoms with Gasteiger partial charge in [-0.3, -0.25) is 0 Å². The van der Waals surface area contributed by atoms with Gasteiger partial charge in [-0.2, -0.15) is 0 Å². The molecule has 1 rings (SSSR count). The molecule has 1 aliphatic carbocycles. The van der Waals surface area contributed by atoms with Crippen LogP contribution in [0.3, 0.4) is 0 Å². The van der Waals surface area contributed by atoms with Crippen LogP contribution in [0.1, 0.15) is 26.7 Å². The molecule has 1 aliphatic rings. The average Bonchev–Trinajstić information content (AvgIpc) is 2.79. The zero-order valence-corrected chi connectivity index (χ0v) is 7.97. The quantitative estimate of drug-likeness (QED) is 0.576. The molecule has 0 radical (unpaired) electrons. The van der Waals surface area contributed by atoms with Crippen LogP contribution < -0.4 is 5.32 Å². The minimum absolute atomic E-state index is 0.0559. The van der Waals surface area contributed by atoms with Gasteiger partial charge in [-0.25, -0.2) is 0 Å². The number of hydrogen-bond acceptors (Lipinski definition) is 3. The number of ether oxygens (including phenoxy) is 1. The van der Waals surface area contributed by atoms with E-state index in [1.54, 1.807) is 0 Å². The highest BCUT2D eigenvalue weighted by atomic mass is 16.5. The first-order valence-corrected chi connectivity index (χ1v) is 4.66. The van der Waals surface area contributed by atoms with E-state index in [-0.39, 0.29) is 12.1 Å². The summed E-state index contributed by atoms with van der Waals surface area (Å²) in [5.74, 6) is 0. The van der Waals surface area contributed by atoms with Crippen LogP contribution in [0.4, 0.5) is 0 Å². The Hall–Kier alpha value is -0.120. The highest BCUT2D eigenvalue weighted by Crippen LogP contribution is 2.34. The summed E-state index contributed by atoms with van der Waals surface area (Å²) in [6, 6.07) is 0. The lowest BCUT2D eigenvalue weighted by Crippen LogP contribution is -2.37. The second kappa shape index (κ2) is 4.21. The Kier molecular flexibility index (Phi) is 3.50. The predicted molar refractivity (Wildman–Crippen MR) is 48.1 cm³/mol. The maximum Gasteiger partial charge on any atom is 0.0613 e. The van der Waals surface area contributed by atoms with Crippen molar-refractivity contribution < 1.29 is 9.84 Å². The van der Waals surface area contributed by atoms with Crippen molar-refractivity contribution in [3.05, 3.63) is 0 Å². The van der Waals surface area contributed by atoms with Crippen LogP contribution in [0.15, 0.2) is 0 Å². The van der Waals surface area contributed by atoms with Crippen molar-refractivity contribution in [3.63, 3.8) is 0 Å². The molecule has 0 unspecified atom stereocenters. The van der Waals surface area contributed by atoms with Gasteiger partial charge in [0.25, 0.3) is 0 Å². The van der Waals surface area contributed by atoms with Crippen molar-refractivity contribution >= 4 is 0 Å². The average molecular weight is 173 g/mol. The zero-order valence-electron chi connectivity index (χ0n) is 7.97. The fourth-order valence-corrected chi connectivity index (χ4v) is 1.15. The first-order valence-electron chi connectivity index (χ1n) is 4.66. The van der Waals surface area contributed by atoms with Crippen LogP contribution in [0.25, 0.3) is 0 Å². The lowest BCUT2D eigenvalue weighted by atomic mass is 10.3. The van der Waals surface area contributed by atoms with Gasteiger partial charge in [0.05, 0.1) is 19.3 Å². The minimum atomic E-state index is 0.0559. The van der Waals surface area contributed by atoms with Crippen molar-refractivity contribution in [2.45, 2.75) is 38.3 Å². The lowest BCUT2D eigenvalue weighted by molar-refractivity contribution is 0.0767. The van der Waals surface area contributed by atoms with Gasteiger partial charge in [0, 0.05) is 12.1 Å². The van der Waals surface area contributed by atoms with Crippen LogP contribution in [0, 0.1) is 0 Å². The highest BCUT2D eigenvalue weighted by molar-refractivity contribution is 5.01. The normalized spacial score (nSPS) is 20.0. The molecule has 0 saturated heterocycles. The summed E-state index contributed by atoms with van der Waals surface area (Å²) in [5.41, 5.74) is 0.0559. The van der Waals surface area contributed by atoms with Gasteiger partial charge in [-0.15, -0.1) is 0 Å². The molecule has 0 aliphatic heterocycles.